The molecule has 0 bridgehead atoms. The molecule has 0 saturated carbocycles. The van der Waals surface area contributed by atoms with Crippen LogP contribution in [0.2, 0.25) is 0 Å². The summed E-state index contributed by atoms with van der Waals surface area (Å²) in [6.45, 7) is 10.9. The van der Waals surface area contributed by atoms with E-state index >= 15 is 0 Å². The smallest absolute Gasteiger partial charge is 0.234 e. The molecule has 1 aromatic heterocycles. The van der Waals surface area contributed by atoms with Crippen molar-refractivity contribution in [3.05, 3.63) is 102 Å². The zero-order valence-corrected chi connectivity index (χ0v) is 32.9. The van der Waals surface area contributed by atoms with Gasteiger partial charge in [-0.3, -0.25) is 19.7 Å². The number of rotatable bonds is 9. The van der Waals surface area contributed by atoms with Gasteiger partial charge in [-0.2, -0.15) is 10.2 Å². The number of hydrogen-bond donors (Lipinski definition) is 2. The number of likely N-dealkylation sites (tertiary alicyclic amines) is 2. The summed E-state index contributed by atoms with van der Waals surface area (Å²) in [5.74, 6) is -0.160. The number of piperidine rings is 3. The minimum atomic E-state index is -0.553. The van der Waals surface area contributed by atoms with Gasteiger partial charge < -0.3 is 24.7 Å². The molecule has 5 saturated heterocycles. The lowest BCUT2D eigenvalue weighted by atomic mass is 9.67. The van der Waals surface area contributed by atoms with Crippen LogP contribution in [-0.4, -0.2) is 102 Å². The number of aromatic nitrogens is 2. The topological polar surface area (TPSA) is 122 Å². The normalized spacial score (nSPS) is 22.8. The van der Waals surface area contributed by atoms with Crippen LogP contribution >= 0.6 is 0 Å². The molecule has 1 spiro atoms. The van der Waals surface area contributed by atoms with Crippen molar-refractivity contribution in [2.24, 2.45) is 10.8 Å². The lowest BCUT2D eigenvalue weighted by molar-refractivity contribution is -0.166. The molecule has 11 heteroatoms. The SMILES string of the molecule is CC1(CCN2CC3(C2)CN(C(=O)C2(c4ccccc4)CCN(c4cnnc(-c5ccccc5O)c4)CC2)C3)CCN(c2ccc([C@H]3CCC(=O)NC3=O)cc2)CC1. The van der Waals surface area contributed by atoms with Gasteiger partial charge in [0.1, 0.15) is 5.75 Å². The van der Waals surface area contributed by atoms with Crippen molar-refractivity contribution in [1.29, 1.82) is 0 Å². The standard InChI is InChI=1S/C46H53N7O4/c1-44(18-23-51(24-19-44)35-13-11-33(12-14-35)37-15-16-41(55)48-42(37)56)17-22-50-29-45(30-50)31-53(32-45)43(57)46(34-7-3-2-4-8-34)20-25-52(26-21-46)36-27-39(49-47-28-36)38-9-5-6-10-40(38)54/h2-14,27-28,37,54H,15-26,29-32H2,1H3,(H,48,55,56)/t37-/m1/s1. The van der Waals surface area contributed by atoms with Gasteiger partial charge in [-0.15, -0.1) is 0 Å². The average Bonchev–Trinajstić information content (AvgIpc) is 3.20. The van der Waals surface area contributed by atoms with Gasteiger partial charge in [0.15, 0.2) is 0 Å². The summed E-state index contributed by atoms with van der Waals surface area (Å²) in [7, 11) is 0. The quantitative estimate of drug-likeness (QED) is 0.205. The van der Waals surface area contributed by atoms with Crippen molar-refractivity contribution < 1.29 is 19.5 Å². The summed E-state index contributed by atoms with van der Waals surface area (Å²) in [6, 6.07) is 27.9. The molecule has 57 heavy (non-hydrogen) atoms. The molecule has 2 N–H and O–H groups in total. The second-order valence-electron chi connectivity index (χ2n) is 17.8. The van der Waals surface area contributed by atoms with Gasteiger partial charge in [0.2, 0.25) is 17.7 Å². The van der Waals surface area contributed by atoms with Gasteiger partial charge in [0.25, 0.3) is 0 Å². The molecule has 1 atom stereocenters. The Labute approximate surface area is 335 Å². The molecule has 5 fully saturated rings. The summed E-state index contributed by atoms with van der Waals surface area (Å²) in [5, 5.41) is 21.5. The highest BCUT2D eigenvalue weighted by Gasteiger charge is 2.56. The molecule has 5 aliphatic heterocycles. The highest BCUT2D eigenvalue weighted by atomic mass is 16.3. The van der Waals surface area contributed by atoms with Gasteiger partial charge >= 0.3 is 0 Å². The number of phenolic OH excluding ortho intramolecular Hbond substituents is 1. The Hall–Kier alpha value is -5.29. The van der Waals surface area contributed by atoms with Crippen LogP contribution in [0.1, 0.15) is 68.9 Å². The number of aromatic hydroxyl groups is 1. The van der Waals surface area contributed by atoms with E-state index in [1.165, 1.54) is 12.1 Å². The Morgan fingerprint density at radius 3 is 2.19 bits per heavy atom. The fourth-order valence-corrected chi connectivity index (χ4v) is 10.3. The Morgan fingerprint density at radius 1 is 0.825 bits per heavy atom. The summed E-state index contributed by atoms with van der Waals surface area (Å²) in [5.41, 5.74) is 5.51. The number of amides is 3. The highest BCUT2D eigenvalue weighted by Crippen LogP contribution is 2.46. The number of phenols is 1. The lowest BCUT2D eigenvalue weighted by Gasteiger charge is -2.62. The number of para-hydroxylation sites is 1. The maximum Gasteiger partial charge on any atom is 0.234 e. The van der Waals surface area contributed by atoms with Crippen molar-refractivity contribution in [3.8, 4) is 17.0 Å². The molecule has 6 heterocycles. The first-order valence-electron chi connectivity index (χ1n) is 20.7. The number of benzene rings is 3. The number of carbonyl (C=O) groups excluding carboxylic acids is 3. The molecule has 11 nitrogen and oxygen atoms in total. The molecule has 9 rings (SSSR count). The predicted octanol–water partition coefficient (Wildman–Crippen LogP) is 5.75. The van der Waals surface area contributed by atoms with Crippen LogP contribution in [-0.2, 0) is 19.8 Å². The first kappa shape index (κ1) is 37.3. The van der Waals surface area contributed by atoms with Crippen molar-refractivity contribution in [1.82, 2.24) is 25.3 Å². The Morgan fingerprint density at radius 2 is 1.49 bits per heavy atom. The van der Waals surface area contributed by atoms with Gasteiger partial charge in [0, 0.05) is 75.4 Å². The summed E-state index contributed by atoms with van der Waals surface area (Å²) < 4.78 is 0. The number of carbonyl (C=O) groups is 3. The van der Waals surface area contributed by atoms with Crippen molar-refractivity contribution in [2.45, 2.75) is 63.2 Å². The lowest BCUT2D eigenvalue weighted by Crippen LogP contribution is -2.74. The number of anilines is 2. The predicted molar refractivity (Wildman–Crippen MR) is 220 cm³/mol. The Balaban J connectivity index is 0.759. The van der Waals surface area contributed by atoms with E-state index in [2.05, 4.69) is 90.6 Å². The van der Waals surface area contributed by atoms with Gasteiger partial charge in [-0.1, -0.05) is 61.5 Å². The summed E-state index contributed by atoms with van der Waals surface area (Å²) in [6.07, 6.45) is 7.68. The van der Waals surface area contributed by atoms with Crippen molar-refractivity contribution >= 4 is 29.1 Å². The van der Waals surface area contributed by atoms with Crippen LogP contribution in [0.15, 0.2) is 91.1 Å². The van der Waals surface area contributed by atoms with Crippen LogP contribution in [0.4, 0.5) is 11.4 Å². The van der Waals surface area contributed by atoms with E-state index in [1.54, 1.807) is 18.3 Å². The van der Waals surface area contributed by atoms with Gasteiger partial charge in [-0.05, 0) is 91.9 Å². The minimum absolute atomic E-state index is 0.178. The molecular formula is C46H53N7O4. The summed E-state index contributed by atoms with van der Waals surface area (Å²) >= 11 is 0. The van der Waals surface area contributed by atoms with Crippen molar-refractivity contribution in [3.63, 3.8) is 0 Å². The first-order chi connectivity index (χ1) is 27.6. The molecule has 296 valence electrons. The highest BCUT2D eigenvalue weighted by molar-refractivity contribution is 6.01. The van der Waals surface area contributed by atoms with E-state index in [4.69, 9.17) is 0 Å². The molecule has 0 unspecified atom stereocenters. The first-order valence-corrected chi connectivity index (χ1v) is 20.7. The Bertz CT molecular complexity index is 2110. The number of nitrogens with zero attached hydrogens (tertiary/aromatic N) is 6. The maximum absolute atomic E-state index is 14.6. The molecule has 3 amide bonds. The molecule has 0 radical (unpaired) electrons. The van der Waals surface area contributed by atoms with Crippen molar-refractivity contribution in [2.75, 3.05) is 68.7 Å². The number of imide groups is 1. The van der Waals surface area contributed by atoms with E-state index in [0.717, 1.165) is 101 Å². The minimum Gasteiger partial charge on any atom is -0.507 e. The third-order valence-electron chi connectivity index (χ3n) is 13.9. The number of hydrogen-bond acceptors (Lipinski definition) is 9. The monoisotopic (exact) mass is 767 g/mol. The van der Waals surface area contributed by atoms with E-state index in [9.17, 15) is 19.5 Å². The van der Waals surface area contributed by atoms with E-state index < -0.39 is 5.41 Å². The van der Waals surface area contributed by atoms with Crippen LogP contribution in [0, 0.1) is 10.8 Å². The second-order valence-corrected chi connectivity index (χ2v) is 17.8. The molecule has 4 aromatic rings. The Kier molecular flexibility index (Phi) is 9.75. The third kappa shape index (κ3) is 7.26. The molecule has 3 aromatic carbocycles. The maximum atomic E-state index is 14.6. The largest absolute Gasteiger partial charge is 0.507 e. The van der Waals surface area contributed by atoms with E-state index in [-0.39, 0.29) is 34.8 Å². The van der Waals surface area contributed by atoms with Gasteiger partial charge in [-0.25, -0.2) is 0 Å². The fourth-order valence-electron chi connectivity index (χ4n) is 10.3. The fraction of sp³-hybridized carbons (Fsp3) is 0.457. The summed E-state index contributed by atoms with van der Waals surface area (Å²) in [4.78, 5) is 48.0. The van der Waals surface area contributed by atoms with Crippen LogP contribution < -0.4 is 15.1 Å². The zero-order chi connectivity index (χ0) is 39.2. The average molecular weight is 768 g/mol. The second kappa shape index (κ2) is 14.9. The van der Waals surface area contributed by atoms with E-state index in [1.807, 2.05) is 24.3 Å². The molecule has 5 aliphatic rings. The third-order valence-corrected chi connectivity index (χ3v) is 13.9. The molecule has 0 aliphatic carbocycles. The zero-order valence-electron chi connectivity index (χ0n) is 32.9. The van der Waals surface area contributed by atoms with E-state index in [0.29, 0.717) is 29.5 Å². The van der Waals surface area contributed by atoms with Crippen LogP contribution in [0.25, 0.3) is 11.3 Å². The molecular weight excluding hydrogens is 715 g/mol. The van der Waals surface area contributed by atoms with Crippen LogP contribution in [0.5, 0.6) is 5.75 Å². The van der Waals surface area contributed by atoms with Crippen LogP contribution in [0.3, 0.4) is 0 Å². The number of nitrogens with one attached hydrogen (secondary N) is 1. The van der Waals surface area contributed by atoms with Gasteiger partial charge in [0.05, 0.1) is 28.9 Å².